The van der Waals surface area contributed by atoms with Crippen LogP contribution in [-0.2, 0) is 0 Å². The molecule has 0 aliphatic rings. The summed E-state index contributed by atoms with van der Waals surface area (Å²) in [5, 5.41) is 11.8. The number of carbonyl (C=O) groups is 1. The van der Waals surface area contributed by atoms with E-state index in [1.54, 1.807) is 56.7 Å². The van der Waals surface area contributed by atoms with Crippen molar-refractivity contribution in [3.63, 3.8) is 0 Å². The average molecular weight is 266 g/mol. The number of hydrogen-bond donors (Lipinski definition) is 1. The maximum absolute atomic E-state index is 12.4. The second-order valence-corrected chi connectivity index (χ2v) is 4.21. The second-order valence-electron chi connectivity index (χ2n) is 4.21. The molecule has 1 N–H and O–H groups in total. The fourth-order valence-electron chi connectivity index (χ4n) is 1.80. The third-order valence-corrected chi connectivity index (χ3v) is 2.93. The number of nitrogens with zero attached hydrogens (tertiary/aromatic N) is 3. The Morgan fingerprint density at radius 3 is 2.85 bits per heavy atom. The predicted octanol–water partition coefficient (Wildman–Crippen LogP) is 2.27. The topological polar surface area (TPSA) is 69.0 Å². The van der Waals surface area contributed by atoms with E-state index in [0.29, 0.717) is 22.6 Å². The quantitative estimate of drug-likeness (QED) is 0.925. The van der Waals surface area contributed by atoms with Crippen molar-refractivity contribution in [1.29, 1.82) is 5.26 Å². The normalized spacial score (nSPS) is 9.65. The van der Waals surface area contributed by atoms with Crippen LogP contribution >= 0.6 is 0 Å². The highest BCUT2D eigenvalue weighted by Crippen LogP contribution is 2.17. The van der Waals surface area contributed by atoms with Crippen LogP contribution in [0.4, 0.5) is 11.5 Å². The molecule has 0 aliphatic heterocycles. The fourth-order valence-corrected chi connectivity index (χ4v) is 1.80. The first-order valence-corrected chi connectivity index (χ1v) is 6.07. The number of nitrogens with one attached hydrogen (secondary N) is 1. The minimum atomic E-state index is -0.154. The minimum absolute atomic E-state index is 0.154. The molecule has 0 bridgehead atoms. The molecular weight excluding hydrogens is 252 g/mol. The van der Waals surface area contributed by atoms with Crippen LogP contribution in [0.2, 0.25) is 0 Å². The van der Waals surface area contributed by atoms with Crippen molar-refractivity contribution in [3.05, 3.63) is 53.7 Å². The minimum Gasteiger partial charge on any atom is -0.373 e. The lowest BCUT2D eigenvalue weighted by Gasteiger charge is -2.17. The molecule has 1 heterocycles. The number of amides is 1. The second kappa shape index (κ2) is 5.85. The van der Waals surface area contributed by atoms with Gasteiger partial charge in [0.15, 0.2) is 0 Å². The summed E-state index contributed by atoms with van der Waals surface area (Å²) < 4.78 is 0. The average Bonchev–Trinajstić information content (AvgIpc) is 2.53. The van der Waals surface area contributed by atoms with Gasteiger partial charge in [-0.05, 0) is 30.3 Å². The van der Waals surface area contributed by atoms with Crippen LogP contribution in [0.1, 0.15) is 15.9 Å². The summed E-state index contributed by atoms with van der Waals surface area (Å²) >= 11 is 0. The standard InChI is InChI=1S/C15H14N4O/c1-17-14-9-12(6-7-18-14)15(20)19(2)13-5-3-4-11(8-13)10-16/h3-9H,1-2H3,(H,17,18). The van der Waals surface area contributed by atoms with Crippen molar-refractivity contribution < 1.29 is 4.79 Å². The summed E-state index contributed by atoms with van der Waals surface area (Å²) in [6.45, 7) is 0. The van der Waals surface area contributed by atoms with Crippen LogP contribution in [0.3, 0.4) is 0 Å². The summed E-state index contributed by atoms with van der Waals surface area (Å²) in [6.07, 6.45) is 1.58. The van der Waals surface area contributed by atoms with Gasteiger partial charge in [0, 0.05) is 31.5 Å². The summed E-state index contributed by atoms with van der Waals surface area (Å²) in [5.41, 5.74) is 1.74. The van der Waals surface area contributed by atoms with Crippen LogP contribution in [0.25, 0.3) is 0 Å². The maximum Gasteiger partial charge on any atom is 0.258 e. The number of hydrogen-bond acceptors (Lipinski definition) is 4. The first-order chi connectivity index (χ1) is 9.65. The summed E-state index contributed by atoms with van der Waals surface area (Å²) in [5.74, 6) is 0.481. The molecule has 20 heavy (non-hydrogen) atoms. The molecule has 2 aromatic rings. The summed E-state index contributed by atoms with van der Waals surface area (Å²) in [7, 11) is 3.43. The highest BCUT2D eigenvalue weighted by Gasteiger charge is 2.14. The summed E-state index contributed by atoms with van der Waals surface area (Å²) in [6, 6.07) is 12.3. The molecule has 100 valence electrons. The highest BCUT2D eigenvalue weighted by molar-refractivity contribution is 6.06. The van der Waals surface area contributed by atoms with Crippen LogP contribution < -0.4 is 10.2 Å². The van der Waals surface area contributed by atoms with E-state index in [1.807, 2.05) is 0 Å². The number of benzene rings is 1. The van der Waals surface area contributed by atoms with E-state index in [1.165, 1.54) is 4.90 Å². The van der Waals surface area contributed by atoms with Gasteiger partial charge in [-0.2, -0.15) is 5.26 Å². The van der Waals surface area contributed by atoms with E-state index in [4.69, 9.17) is 5.26 Å². The molecule has 0 atom stereocenters. The van der Waals surface area contributed by atoms with Gasteiger partial charge >= 0.3 is 0 Å². The summed E-state index contributed by atoms with van der Waals surface area (Å²) in [4.78, 5) is 18.0. The van der Waals surface area contributed by atoms with Crippen LogP contribution in [0.15, 0.2) is 42.6 Å². The molecular formula is C15H14N4O. The molecule has 0 spiro atoms. The zero-order valence-electron chi connectivity index (χ0n) is 11.3. The first-order valence-electron chi connectivity index (χ1n) is 6.07. The van der Waals surface area contributed by atoms with Gasteiger partial charge < -0.3 is 10.2 Å². The molecule has 0 radical (unpaired) electrons. The lowest BCUT2D eigenvalue weighted by molar-refractivity contribution is 0.0993. The van der Waals surface area contributed by atoms with Gasteiger partial charge in [-0.3, -0.25) is 4.79 Å². The molecule has 1 aromatic heterocycles. The van der Waals surface area contributed by atoms with Gasteiger partial charge in [0.1, 0.15) is 5.82 Å². The number of carbonyl (C=O) groups excluding carboxylic acids is 1. The Hall–Kier alpha value is -2.87. The third-order valence-electron chi connectivity index (χ3n) is 2.93. The molecule has 2 rings (SSSR count). The Labute approximate surface area is 117 Å². The first kappa shape index (κ1) is 13.6. The third kappa shape index (κ3) is 2.75. The molecule has 0 saturated carbocycles. The Balaban J connectivity index is 2.30. The lowest BCUT2D eigenvalue weighted by Crippen LogP contribution is -2.26. The molecule has 5 heteroatoms. The number of pyridine rings is 1. The zero-order valence-corrected chi connectivity index (χ0v) is 11.3. The Kier molecular flexibility index (Phi) is 3.96. The molecule has 1 amide bonds. The fraction of sp³-hybridized carbons (Fsp3) is 0.133. The van der Waals surface area contributed by atoms with Gasteiger partial charge in [-0.15, -0.1) is 0 Å². The Morgan fingerprint density at radius 1 is 1.35 bits per heavy atom. The van der Waals surface area contributed by atoms with E-state index in [0.717, 1.165) is 0 Å². The molecule has 0 unspecified atom stereocenters. The van der Waals surface area contributed by atoms with E-state index < -0.39 is 0 Å². The van der Waals surface area contributed by atoms with Crippen molar-refractivity contribution in [2.45, 2.75) is 0 Å². The number of rotatable bonds is 3. The zero-order chi connectivity index (χ0) is 14.5. The van der Waals surface area contributed by atoms with E-state index >= 15 is 0 Å². The lowest BCUT2D eigenvalue weighted by atomic mass is 10.2. The van der Waals surface area contributed by atoms with E-state index in [-0.39, 0.29) is 5.91 Å². The smallest absolute Gasteiger partial charge is 0.258 e. The SMILES string of the molecule is CNc1cc(C(=O)N(C)c2cccc(C#N)c2)ccn1. The number of nitriles is 1. The molecule has 0 saturated heterocycles. The van der Waals surface area contributed by atoms with Gasteiger partial charge in [-0.1, -0.05) is 6.07 Å². The largest absolute Gasteiger partial charge is 0.373 e. The number of aromatic nitrogens is 1. The van der Waals surface area contributed by atoms with E-state index in [9.17, 15) is 4.79 Å². The Bertz CT molecular complexity index is 676. The van der Waals surface area contributed by atoms with Gasteiger partial charge in [0.05, 0.1) is 11.6 Å². The van der Waals surface area contributed by atoms with Crippen molar-refractivity contribution >= 4 is 17.4 Å². The Morgan fingerprint density at radius 2 is 2.15 bits per heavy atom. The van der Waals surface area contributed by atoms with Crippen molar-refractivity contribution in [3.8, 4) is 6.07 Å². The van der Waals surface area contributed by atoms with E-state index in [2.05, 4.69) is 16.4 Å². The molecule has 5 nitrogen and oxygen atoms in total. The predicted molar refractivity (Wildman–Crippen MR) is 77.7 cm³/mol. The van der Waals surface area contributed by atoms with Crippen molar-refractivity contribution in [1.82, 2.24) is 4.98 Å². The molecule has 1 aromatic carbocycles. The van der Waals surface area contributed by atoms with Gasteiger partial charge in [0.25, 0.3) is 5.91 Å². The highest BCUT2D eigenvalue weighted by atomic mass is 16.2. The monoisotopic (exact) mass is 266 g/mol. The van der Waals surface area contributed by atoms with Crippen LogP contribution in [0.5, 0.6) is 0 Å². The van der Waals surface area contributed by atoms with Gasteiger partial charge in [-0.25, -0.2) is 4.98 Å². The van der Waals surface area contributed by atoms with Gasteiger partial charge in [0.2, 0.25) is 0 Å². The van der Waals surface area contributed by atoms with Crippen molar-refractivity contribution in [2.24, 2.45) is 0 Å². The molecule has 0 aliphatic carbocycles. The maximum atomic E-state index is 12.4. The number of anilines is 2. The van der Waals surface area contributed by atoms with Crippen LogP contribution in [0, 0.1) is 11.3 Å². The molecule has 0 fully saturated rings. The van der Waals surface area contributed by atoms with Crippen LogP contribution in [-0.4, -0.2) is 25.0 Å². The van der Waals surface area contributed by atoms with Crippen molar-refractivity contribution in [2.75, 3.05) is 24.3 Å².